The molecule has 0 bridgehead atoms. The maximum absolute atomic E-state index is 5.96. The predicted octanol–water partition coefficient (Wildman–Crippen LogP) is 3.06. The van der Waals surface area contributed by atoms with E-state index in [-0.39, 0.29) is 6.04 Å². The van der Waals surface area contributed by atoms with Gasteiger partial charge in [-0.15, -0.1) is 0 Å². The van der Waals surface area contributed by atoms with Crippen molar-refractivity contribution in [3.05, 3.63) is 54.0 Å². The van der Waals surface area contributed by atoms with Gasteiger partial charge in [-0.2, -0.15) is 5.10 Å². The minimum Gasteiger partial charge on any atom is -0.459 e. The lowest BCUT2D eigenvalue weighted by atomic mass is 10.1. The topological polar surface area (TPSA) is 43.0 Å². The largest absolute Gasteiger partial charge is 0.459 e. The molecule has 2 aromatic heterocycles. The van der Waals surface area contributed by atoms with Gasteiger partial charge in [0.05, 0.1) is 11.7 Å². The quantitative estimate of drug-likeness (QED) is 0.774. The first-order chi connectivity index (χ1) is 9.76. The summed E-state index contributed by atoms with van der Waals surface area (Å²) >= 11 is 0. The maximum atomic E-state index is 5.96. The van der Waals surface area contributed by atoms with Crippen molar-refractivity contribution >= 4 is 11.0 Å². The average Bonchev–Trinajstić information content (AvgIpc) is 3.04. The molecule has 0 aliphatic carbocycles. The zero-order chi connectivity index (χ0) is 13.9. The standard InChI is InChI=1S/C16H19N3O/c1-3-17-14(11-13-8-9-19(2)18-13)16-10-12-6-4-5-7-15(12)20-16/h4-10,14,17H,3,11H2,1-2H3. The van der Waals surface area contributed by atoms with Gasteiger partial charge in [0.15, 0.2) is 0 Å². The summed E-state index contributed by atoms with van der Waals surface area (Å²) in [6.45, 7) is 3.00. The fraction of sp³-hybridized carbons (Fsp3) is 0.312. The summed E-state index contributed by atoms with van der Waals surface area (Å²) in [7, 11) is 1.94. The molecule has 1 N–H and O–H groups in total. The van der Waals surface area contributed by atoms with Crippen molar-refractivity contribution in [2.24, 2.45) is 7.05 Å². The summed E-state index contributed by atoms with van der Waals surface area (Å²) in [4.78, 5) is 0. The van der Waals surface area contributed by atoms with Crippen molar-refractivity contribution in [1.29, 1.82) is 0 Å². The number of furan rings is 1. The Balaban J connectivity index is 1.89. The molecular weight excluding hydrogens is 250 g/mol. The summed E-state index contributed by atoms with van der Waals surface area (Å²) < 4.78 is 7.79. The Morgan fingerprint density at radius 1 is 1.30 bits per heavy atom. The van der Waals surface area contributed by atoms with Gasteiger partial charge in [-0.25, -0.2) is 0 Å². The summed E-state index contributed by atoms with van der Waals surface area (Å²) in [5.41, 5.74) is 2.00. The molecule has 0 amide bonds. The lowest BCUT2D eigenvalue weighted by Crippen LogP contribution is -2.22. The Morgan fingerprint density at radius 3 is 2.85 bits per heavy atom. The number of nitrogens with zero attached hydrogens (tertiary/aromatic N) is 2. The molecule has 3 rings (SSSR count). The fourth-order valence-corrected chi connectivity index (χ4v) is 2.48. The number of aryl methyl sites for hydroxylation is 1. The zero-order valence-electron chi connectivity index (χ0n) is 11.8. The van der Waals surface area contributed by atoms with Crippen molar-refractivity contribution < 1.29 is 4.42 Å². The second kappa shape index (κ2) is 5.51. The second-order valence-corrected chi connectivity index (χ2v) is 4.98. The molecule has 0 saturated carbocycles. The molecule has 1 atom stereocenters. The van der Waals surface area contributed by atoms with E-state index in [4.69, 9.17) is 4.42 Å². The van der Waals surface area contributed by atoms with Crippen molar-refractivity contribution in [2.75, 3.05) is 6.54 Å². The SMILES string of the molecule is CCNC(Cc1ccn(C)n1)c1cc2ccccc2o1. The van der Waals surface area contributed by atoms with Crippen molar-refractivity contribution in [3.8, 4) is 0 Å². The van der Waals surface area contributed by atoms with E-state index < -0.39 is 0 Å². The van der Waals surface area contributed by atoms with Crippen LogP contribution in [0.5, 0.6) is 0 Å². The number of likely N-dealkylation sites (N-methyl/N-ethyl adjacent to an activating group) is 1. The highest BCUT2D eigenvalue weighted by molar-refractivity contribution is 5.77. The number of benzene rings is 1. The molecule has 0 aliphatic rings. The molecule has 0 spiro atoms. The number of nitrogens with one attached hydrogen (secondary N) is 1. The lowest BCUT2D eigenvalue weighted by molar-refractivity contribution is 0.431. The maximum Gasteiger partial charge on any atom is 0.134 e. The van der Waals surface area contributed by atoms with Crippen molar-refractivity contribution in [3.63, 3.8) is 0 Å². The normalized spacial score (nSPS) is 12.9. The van der Waals surface area contributed by atoms with Gasteiger partial charge >= 0.3 is 0 Å². The number of aromatic nitrogens is 2. The van der Waals surface area contributed by atoms with E-state index in [1.807, 2.05) is 42.2 Å². The van der Waals surface area contributed by atoms with E-state index in [9.17, 15) is 0 Å². The summed E-state index contributed by atoms with van der Waals surface area (Å²) in [6.07, 6.45) is 2.80. The highest BCUT2D eigenvalue weighted by atomic mass is 16.3. The van der Waals surface area contributed by atoms with Crippen LogP contribution in [0.2, 0.25) is 0 Å². The van der Waals surface area contributed by atoms with Crippen LogP contribution in [0, 0.1) is 0 Å². The van der Waals surface area contributed by atoms with E-state index in [1.165, 1.54) is 0 Å². The first-order valence-electron chi connectivity index (χ1n) is 6.96. The van der Waals surface area contributed by atoms with Gasteiger partial charge in [-0.1, -0.05) is 25.1 Å². The first-order valence-corrected chi connectivity index (χ1v) is 6.96. The van der Waals surface area contributed by atoms with Gasteiger partial charge < -0.3 is 9.73 Å². The van der Waals surface area contributed by atoms with Crippen LogP contribution in [0.1, 0.15) is 24.4 Å². The van der Waals surface area contributed by atoms with Crippen LogP contribution in [-0.2, 0) is 13.5 Å². The number of fused-ring (bicyclic) bond motifs is 1. The molecule has 0 aliphatic heterocycles. The molecule has 0 saturated heterocycles. The van der Waals surface area contributed by atoms with Gasteiger partial charge in [0, 0.05) is 25.1 Å². The molecule has 20 heavy (non-hydrogen) atoms. The van der Waals surface area contributed by atoms with Gasteiger partial charge in [-0.3, -0.25) is 4.68 Å². The van der Waals surface area contributed by atoms with Crippen LogP contribution in [0.15, 0.2) is 47.0 Å². The van der Waals surface area contributed by atoms with Crippen molar-refractivity contribution in [1.82, 2.24) is 15.1 Å². The monoisotopic (exact) mass is 269 g/mol. The highest BCUT2D eigenvalue weighted by Crippen LogP contribution is 2.25. The van der Waals surface area contributed by atoms with Crippen LogP contribution in [0.25, 0.3) is 11.0 Å². The van der Waals surface area contributed by atoms with Gasteiger partial charge in [0.1, 0.15) is 11.3 Å². The summed E-state index contributed by atoms with van der Waals surface area (Å²) in [5, 5.41) is 9.07. The third-order valence-electron chi connectivity index (χ3n) is 3.42. The Morgan fingerprint density at radius 2 is 2.15 bits per heavy atom. The van der Waals surface area contributed by atoms with Crippen molar-refractivity contribution in [2.45, 2.75) is 19.4 Å². The molecular formula is C16H19N3O. The number of hydrogen-bond acceptors (Lipinski definition) is 3. The Labute approximate surface area is 118 Å². The summed E-state index contributed by atoms with van der Waals surface area (Å²) in [5.74, 6) is 0.971. The Bertz CT molecular complexity index is 665. The van der Waals surface area contributed by atoms with E-state index in [2.05, 4.69) is 29.5 Å². The van der Waals surface area contributed by atoms with Gasteiger partial charge in [-0.05, 0) is 24.7 Å². The molecule has 3 aromatic rings. The van der Waals surface area contributed by atoms with Crippen LogP contribution in [0.3, 0.4) is 0 Å². The van der Waals surface area contributed by atoms with Gasteiger partial charge in [0.25, 0.3) is 0 Å². The smallest absolute Gasteiger partial charge is 0.134 e. The molecule has 104 valence electrons. The third-order valence-corrected chi connectivity index (χ3v) is 3.42. The van der Waals surface area contributed by atoms with Crippen LogP contribution < -0.4 is 5.32 Å². The van der Waals surface area contributed by atoms with Crippen LogP contribution in [0.4, 0.5) is 0 Å². The minimum atomic E-state index is 0.155. The lowest BCUT2D eigenvalue weighted by Gasteiger charge is -2.13. The predicted molar refractivity (Wildman–Crippen MR) is 79.5 cm³/mol. The molecule has 0 radical (unpaired) electrons. The van der Waals surface area contributed by atoms with E-state index in [0.717, 1.165) is 35.4 Å². The Hall–Kier alpha value is -2.07. The summed E-state index contributed by atoms with van der Waals surface area (Å²) in [6, 6.07) is 12.4. The molecule has 4 nitrogen and oxygen atoms in total. The number of hydrogen-bond donors (Lipinski definition) is 1. The molecule has 1 aromatic carbocycles. The minimum absolute atomic E-state index is 0.155. The molecule has 0 fully saturated rings. The number of rotatable bonds is 5. The van der Waals surface area contributed by atoms with E-state index >= 15 is 0 Å². The number of para-hydroxylation sites is 1. The zero-order valence-corrected chi connectivity index (χ0v) is 11.8. The third kappa shape index (κ3) is 2.60. The fourth-order valence-electron chi connectivity index (χ4n) is 2.48. The Kier molecular flexibility index (Phi) is 3.56. The second-order valence-electron chi connectivity index (χ2n) is 4.98. The molecule has 1 unspecified atom stereocenters. The molecule has 4 heteroatoms. The molecule has 2 heterocycles. The highest BCUT2D eigenvalue weighted by Gasteiger charge is 2.17. The van der Waals surface area contributed by atoms with Gasteiger partial charge in [0.2, 0.25) is 0 Å². The average molecular weight is 269 g/mol. The van der Waals surface area contributed by atoms with Crippen LogP contribution >= 0.6 is 0 Å². The van der Waals surface area contributed by atoms with E-state index in [0.29, 0.717) is 0 Å². The van der Waals surface area contributed by atoms with Crippen LogP contribution in [-0.4, -0.2) is 16.3 Å². The van der Waals surface area contributed by atoms with E-state index in [1.54, 1.807) is 0 Å². The first kappa shape index (κ1) is 12.9.